The summed E-state index contributed by atoms with van der Waals surface area (Å²) in [5, 5.41) is 2.74. The van der Waals surface area contributed by atoms with Gasteiger partial charge < -0.3 is 19.9 Å². The molecule has 1 aliphatic rings. The van der Waals surface area contributed by atoms with E-state index in [-0.39, 0.29) is 42.7 Å². The first kappa shape index (κ1) is 29.6. The van der Waals surface area contributed by atoms with Crippen molar-refractivity contribution in [2.24, 2.45) is 5.73 Å². The summed E-state index contributed by atoms with van der Waals surface area (Å²) in [5.74, 6) is -1.75. The van der Waals surface area contributed by atoms with E-state index in [0.29, 0.717) is 36.3 Å². The average Bonchev–Trinajstić information content (AvgIpc) is 3.50. The smallest absolute Gasteiger partial charge is 0.278 e. The zero-order valence-corrected chi connectivity index (χ0v) is 23.1. The number of hydrogen-bond donors (Lipinski definition) is 2. The minimum atomic E-state index is -0.676. The number of allylic oxidation sites excluding steroid dienone is 2. The van der Waals surface area contributed by atoms with E-state index in [0.717, 1.165) is 4.90 Å². The number of nitrogens with two attached hydrogens (primary N) is 1. The number of ether oxygens (including phenoxy) is 1. The van der Waals surface area contributed by atoms with E-state index < -0.39 is 23.6 Å². The molecule has 3 N–H and O–H groups in total. The van der Waals surface area contributed by atoms with Gasteiger partial charge >= 0.3 is 0 Å². The lowest BCUT2D eigenvalue weighted by Gasteiger charge is -2.19. The average molecular weight is 575 g/mol. The second-order valence-corrected chi connectivity index (χ2v) is 9.29. The van der Waals surface area contributed by atoms with Crippen molar-refractivity contribution in [3.05, 3.63) is 66.3 Å². The van der Waals surface area contributed by atoms with E-state index in [4.69, 9.17) is 10.5 Å². The number of fused-ring (bicyclic) bond motifs is 1. The highest BCUT2D eigenvalue weighted by atomic mass is 16.5. The Bertz CT molecular complexity index is 1560. The molecular weight excluding hydrogens is 544 g/mol. The highest BCUT2D eigenvalue weighted by molar-refractivity contribution is 6.13. The molecule has 4 rings (SSSR count). The lowest BCUT2D eigenvalue weighted by atomic mass is 10.1. The van der Waals surface area contributed by atoms with Crippen molar-refractivity contribution in [3.63, 3.8) is 0 Å². The number of imidazole rings is 1. The number of anilines is 1. The largest absolute Gasteiger partial charge is 0.491 e. The minimum Gasteiger partial charge on any atom is -0.491 e. The first-order valence-electron chi connectivity index (χ1n) is 13.1. The van der Waals surface area contributed by atoms with Crippen LogP contribution in [0.3, 0.4) is 0 Å². The molecule has 0 unspecified atom stereocenters. The van der Waals surface area contributed by atoms with E-state index in [2.05, 4.69) is 20.3 Å². The Kier molecular flexibility index (Phi) is 9.37. The van der Waals surface area contributed by atoms with Crippen LogP contribution >= 0.6 is 0 Å². The van der Waals surface area contributed by atoms with Crippen molar-refractivity contribution in [2.45, 2.75) is 26.3 Å². The van der Waals surface area contributed by atoms with Crippen molar-refractivity contribution in [1.82, 2.24) is 29.3 Å². The second-order valence-electron chi connectivity index (χ2n) is 9.29. The van der Waals surface area contributed by atoms with Crippen LogP contribution < -0.4 is 15.8 Å². The predicted octanol–water partition coefficient (Wildman–Crippen LogP) is 1.30. The van der Waals surface area contributed by atoms with Gasteiger partial charge in [-0.2, -0.15) is 0 Å². The predicted molar refractivity (Wildman–Crippen MR) is 151 cm³/mol. The monoisotopic (exact) mass is 574 g/mol. The highest BCUT2D eigenvalue weighted by Gasteiger charge is 2.24. The quantitative estimate of drug-likeness (QED) is 0.173. The molecule has 3 heterocycles. The number of amides is 5. The number of primary amides is 1. The van der Waals surface area contributed by atoms with E-state index in [1.54, 1.807) is 11.6 Å². The summed E-state index contributed by atoms with van der Waals surface area (Å²) in [6, 6.07) is 3.03. The molecule has 1 aromatic carbocycles. The zero-order chi connectivity index (χ0) is 30.2. The number of carbonyl (C=O) groups excluding carboxylic acids is 5. The van der Waals surface area contributed by atoms with Gasteiger partial charge in [-0.25, -0.2) is 9.97 Å². The standard InChI is InChI=1S/C28H30N8O6/c1-3-4-12-36-25-19(32-28(36)33-27(41)20-17-30-9-10-31-20)15-18(26(29)40)16-21(25)42-14-5-11-34(2)22(37)8-13-35-23(38)6-7-24(35)39/h3-4,6-7,9-10,15-17H,5,8,11-14H2,1-2H3,(H2,29,40)(H,32,33,41)/b4-3+. The lowest BCUT2D eigenvalue weighted by Crippen LogP contribution is -2.36. The molecule has 0 aliphatic carbocycles. The maximum Gasteiger partial charge on any atom is 0.278 e. The molecule has 2 aromatic heterocycles. The van der Waals surface area contributed by atoms with E-state index in [1.165, 1.54) is 47.8 Å². The molecule has 0 atom stereocenters. The molecule has 0 bridgehead atoms. The van der Waals surface area contributed by atoms with Gasteiger partial charge in [0.15, 0.2) is 0 Å². The highest BCUT2D eigenvalue weighted by Crippen LogP contribution is 2.31. The van der Waals surface area contributed by atoms with Gasteiger partial charge in [0.1, 0.15) is 17.0 Å². The molecule has 1 aliphatic heterocycles. The summed E-state index contributed by atoms with van der Waals surface area (Å²) < 4.78 is 7.79. The molecule has 218 valence electrons. The van der Waals surface area contributed by atoms with Gasteiger partial charge in [0.05, 0.1) is 18.3 Å². The molecular formula is C28H30N8O6. The summed E-state index contributed by atoms with van der Waals surface area (Å²) in [6.45, 7) is 2.72. The molecule has 42 heavy (non-hydrogen) atoms. The Labute approximate surface area is 240 Å². The molecule has 14 nitrogen and oxygen atoms in total. The Morgan fingerprint density at radius 1 is 1.14 bits per heavy atom. The molecule has 14 heteroatoms. The first-order valence-corrected chi connectivity index (χ1v) is 13.1. The van der Waals surface area contributed by atoms with Crippen molar-refractivity contribution < 1.29 is 28.7 Å². The molecule has 5 amide bonds. The third-order valence-corrected chi connectivity index (χ3v) is 6.41. The van der Waals surface area contributed by atoms with Gasteiger partial charge in [-0.1, -0.05) is 12.2 Å². The molecule has 3 aromatic rings. The number of hydrogen-bond acceptors (Lipinski definition) is 9. The number of nitrogens with one attached hydrogen (secondary N) is 1. The zero-order valence-electron chi connectivity index (χ0n) is 23.1. The topological polar surface area (TPSA) is 183 Å². The number of aromatic nitrogens is 4. The molecule has 0 radical (unpaired) electrons. The minimum absolute atomic E-state index is 0.00495. The summed E-state index contributed by atoms with van der Waals surface area (Å²) in [4.78, 5) is 75.7. The van der Waals surface area contributed by atoms with Gasteiger partial charge in [-0.15, -0.1) is 0 Å². The van der Waals surface area contributed by atoms with Crippen LogP contribution in [0.1, 0.15) is 40.6 Å². The Morgan fingerprint density at radius 2 is 1.90 bits per heavy atom. The number of carbonyl (C=O) groups is 5. The number of rotatable bonds is 13. The van der Waals surface area contributed by atoms with Gasteiger partial charge in [-0.05, 0) is 25.5 Å². The molecule has 0 spiro atoms. The third-order valence-electron chi connectivity index (χ3n) is 6.41. The maximum absolute atomic E-state index is 12.8. The second kappa shape index (κ2) is 13.3. The van der Waals surface area contributed by atoms with Crippen LogP contribution in [0.25, 0.3) is 11.0 Å². The SMILES string of the molecule is C/C=C/Cn1c(NC(=O)c2cnccn2)nc2cc(C(N)=O)cc(OCCCN(C)C(=O)CCN3C(=O)C=CC3=O)c21. The van der Waals surface area contributed by atoms with Crippen LogP contribution in [-0.4, -0.2) is 85.6 Å². The van der Waals surface area contributed by atoms with Crippen LogP contribution in [0, 0.1) is 0 Å². The lowest BCUT2D eigenvalue weighted by molar-refractivity contribution is -0.137. The van der Waals surface area contributed by atoms with Gasteiger partial charge in [0, 0.05) is 63.2 Å². The van der Waals surface area contributed by atoms with Crippen LogP contribution in [0.2, 0.25) is 0 Å². The van der Waals surface area contributed by atoms with Crippen LogP contribution in [0.5, 0.6) is 5.75 Å². The van der Waals surface area contributed by atoms with Crippen LogP contribution in [0.15, 0.2) is 55.0 Å². The molecule has 0 fully saturated rings. The molecule has 0 saturated carbocycles. The fraction of sp³-hybridized carbons (Fsp3) is 0.286. The number of imide groups is 1. The first-order chi connectivity index (χ1) is 20.2. The van der Waals surface area contributed by atoms with Crippen molar-refractivity contribution in [3.8, 4) is 5.75 Å². The van der Waals surface area contributed by atoms with Crippen molar-refractivity contribution in [2.75, 3.05) is 32.1 Å². The molecule has 0 saturated heterocycles. The fourth-order valence-corrected chi connectivity index (χ4v) is 4.21. The summed E-state index contributed by atoms with van der Waals surface area (Å²) in [7, 11) is 1.62. The Morgan fingerprint density at radius 3 is 2.57 bits per heavy atom. The Balaban J connectivity index is 1.48. The van der Waals surface area contributed by atoms with Crippen LogP contribution in [-0.2, 0) is 20.9 Å². The number of nitrogens with zero attached hydrogens (tertiary/aromatic N) is 6. The van der Waals surface area contributed by atoms with E-state index in [1.807, 2.05) is 19.1 Å². The number of benzene rings is 1. The summed E-state index contributed by atoms with van der Waals surface area (Å²) in [5.41, 5.74) is 6.75. The van der Waals surface area contributed by atoms with Gasteiger partial charge in [0.2, 0.25) is 17.8 Å². The summed E-state index contributed by atoms with van der Waals surface area (Å²) >= 11 is 0. The van der Waals surface area contributed by atoms with Gasteiger partial charge in [0.25, 0.3) is 17.7 Å². The summed E-state index contributed by atoms with van der Waals surface area (Å²) in [6.07, 6.45) is 10.7. The fourth-order valence-electron chi connectivity index (χ4n) is 4.21. The van der Waals surface area contributed by atoms with E-state index in [9.17, 15) is 24.0 Å². The Hall–Kier alpha value is -5.40. The van der Waals surface area contributed by atoms with E-state index >= 15 is 0 Å². The van der Waals surface area contributed by atoms with Gasteiger partial charge in [-0.3, -0.25) is 39.2 Å². The maximum atomic E-state index is 12.8. The van der Waals surface area contributed by atoms with Crippen LogP contribution in [0.4, 0.5) is 5.95 Å². The third kappa shape index (κ3) is 6.83. The normalized spacial score (nSPS) is 12.9. The van der Waals surface area contributed by atoms with Crippen molar-refractivity contribution in [1.29, 1.82) is 0 Å². The van der Waals surface area contributed by atoms with Crippen molar-refractivity contribution >= 4 is 46.5 Å².